The van der Waals surface area contributed by atoms with Crippen molar-refractivity contribution in [2.24, 2.45) is 0 Å². The van der Waals surface area contributed by atoms with Crippen LogP contribution in [0.3, 0.4) is 0 Å². The first kappa shape index (κ1) is 35.3. The topological polar surface area (TPSA) is 118 Å². The van der Waals surface area contributed by atoms with Gasteiger partial charge in [-0.15, -0.1) is 0 Å². The number of ether oxygens (including phenoxy) is 1. The lowest BCUT2D eigenvalue weighted by atomic mass is 9.98. The van der Waals surface area contributed by atoms with E-state index in [0.29, 0.717) is 17.9 Å². The van der Waals surface area contributed by atoms with E-state index in [1.54, 1.807) is 6.26 Å². The van der Waals surface area contributed by atoms with Crippen LogP contribution in [0.5, 0.6) is 0 Å². The number of pyridine rings is 1. The number of carboxylic acid groups (broad SMARTS) is 1. The van der Waals surface area contributed by atoms with Gasteiger partial charge in [0.2, 0.25) is 0 Å². The van der Waals surface area contributed by atoms with Gasteiger partial charge in [0.15, 0.2) is 0 Å². The van der Waals surface area contributed by atoms with E-state index in [4.69, 9.17) is 9.90 Å². The zero-order chi connectivity index (χ0) is 31.6. The minimum Gasteiger partial charge on any atom is -0.475 e. The Labute approximate surface area is 230 Å². The molecular weight excluding hydrogens is 601 g/mol. The molecule has 2 aromatic rings. The zero-order valence-electron chi connectivity index (χ0n) is 20.9. The number of methoxy groups -OCH3 is 1. The largest absolute Gasteiger partial charge is 0.490 e. The molecule has 41 heavy (non-hydrogen) atoms. The Morgan fingerprint density at radius 1 is 0.951 bits per heavy atom. The van der Waals surface area contributed by atoms with Crippen molar-refractivity contribution >= 4 is 29.7 Å². The van der Waals surface area contributed by atoms with Crippen molar-refractivity contribution in [2.45, 2.75) is 37.0 Å². The number of halogens is 9. The molecule has 3 N–H and O–H groups in total. The molecule has 0 fully saturated rings. The fourth-order valence-electron chi connectivity index (χ4n) is 3.02. The molecule has 0 saturated heterocycles. The lowest BCUT2D eigenvalue weighted by molar-refractivity contribution is -0.192. The number of alkyl halides is 9. The van der Waals surface area contributed by atoms with Gasteiger partial charge in [-0.25, -0.2) is 14.4 Å². The van der Waals surface area contributed by atoms with Crippen LogP contribution in [0.25, 0.3) is 0 Å². The second-order valence-corrected chi connectivity index (χ2v) is 8.75. The van der Waals surface area contributed by atoms with Crippen LogP contribution in [0, 0.1) is 0 Å². The molecule has 0 bridgehead atoms. The maximum Gasteiger partial charge on any atom is 0.490 e. The van der Waals surface area contributed by atoms with Crippen LogP contribution in [0.4, 0.5) is 44.3 Å². The molecule has 2 rings (SSSR count). The van der Waals surface area contributed by atoms with Crippen molar-refractivity contribution in [2.75, 3.05) is 19.1 Å². The van der Waals surface area contributed by atoms with Crippen LogP contribution in [0.1, 0.15) is 34.8 Å². The van der Waals surface area contributed by atoms with Gasteiger partial charge in [0, 0.05) is 6.20 Å². The minimum atomic E-state index is -5.08. The Bertz CT molecular complexity index is 1170. The van der Waals surface area contributed by atoms with E-state index < -0.39 is 65.4 Å². The summed E-state index contributed by atoms with van der Waals surface area (Å²) in [5.74, 6) is -3.04. The molecule has 0 spiro atoms. The SMILES string of the molecule is COC(=O)[C@H](CCSC)NC(=O)N[C@@H](c1ccc(C(F)(F)F)cc1)c1ncccc1C(F)(F)F.O=C(O)C(F)(F)F. The molecule has 0 aliphatic rings. The summed E-state index contributed by atoms with van der Waals surface area (Å²) < 4.78 is 116. The van der Waals surface area contributed by atoms with Crippen LogP contribution in [0.15, 0.2) is 42.6 Å². The van der Waals surface area contributed by atoms with Gasteiger partial charge >= 0.3 is 36.5 Å². The predicted octanol–water partition coefficient (Wildman–Crippen LogP) is 5.44. The summed E-state index contributed by atoms with van der Waals surface area (Å²) in [6.45, 7) is 0. The lowest BCUT2D eigenvalue weighted by Crippen LogP contribution is -2.48. The van der Waals surface area contributed by atoms with Gasteiger partial charge in [-0.3, -0.25) is 4.98 Å². The van der Waals surface area contributed by atoms with E-state index in [1.807, 2.05) is 0 Å². The third kappa shape index (κ3) is 11.4. The average Bonchev–Trinajstić information content (AvgIpc) is 2.88. The number of hydrogen-bond donors (Lipinski definition) is 3. The van der Waals surface area contributed by atoms with Crippen LogP contribution in [0.2, 0.25) is 0 Å². The lowest BCUT2D eigenvalue weighted by Gasteiger charge is -2.24. The molecular formula is C23H22F9N3O5S. The summed E-state index contributed by atoms with van der Waals surface area (Å²) in [4.78, 5) is 37.3. The highest BCUT2D eigenvalue weighted by molar-refractivity contribution is 7.98. The molecule has 8 nitrogen and oxygen atoms in total. The molecule has 2 atom stereocenters. The second kappa shape index (κ2) is 14.8. The number of urea groups is 1. The molecule has 0 radical (unpaired) electrons. The minimum absolute atomic E-state index is 0.0777. The Hall–Kier alpha value is -3.70. The van der Waals surface area contributed by atoms with E-state index in [0.717, 1.165) is 37.6 Å². The third-order valence-electron chi connectivity index (χ3n) is 4.91. The second-order valence-electron chi connectivity index (χ2n) is 7.76. The number of carboxylic acids is 1. The van der Waals surface area contributed by atoms with Crippen molar-refractivity contribution < 1.29 is 63.7 Å². The number of thioether (sulfide) groups is 1. The summed E-state index contributed by atoms with van der Waals surface area (Å²) in [7, 11) is 1.11. The Morgan fingerprint density at radius 3 is 1.95 bits per heavy atom. The predicted molar refractivity (Wildman–Crippen MR) is 127 cm³/mol. The first-order chi connectivity index (χ1) is 18.8. The Kier molecular flexibility index (Phi) is 12.7. The van der Waals surface area contributed by atoms with E-state index >= 15 is 0 Å². The smallest absolute Gasteiger partial charge is 0.475 e. The number of rotatable bonds is 8. The molecule has 0 aliphatic heterocycles. The molecule has 228 valence electrons. The number of hydrogen-bond acceptors (Lipinski definition) is 6. The van der Waals surface area contributed by atoms with E-state index in [-0.39, 0.29) is 12.0 Å². The van der Waals surface area contributed by atoms with Crippen LogP contribution in [-0.4, -0.2) is 59.4 Å². The summed E-state index contributed by atoms with van der Waals surface area (Å²) in [6, 6.07) is 1.39. The van der Waals surface area contributed by atoms with Crippen molar-refractivity contribution in [1.29, 1.82) is 0 Å². The van der Waals surface area contributed by atoms with Crippen molar-refractivity contribution in [1.82, 2.24) is 15.6 Å². The van der Waals surface area contributed by atoms with E-state index in [2.05, 4.69) is 20.4 Å². The highest BCUT2D eigenvalue weighted by Gasteiger charge is 2.39. The number of aromatic nitrogens is 1. The fourth-order valence-corrected chi connectivity index (χ4v) is 3.49. The van der Waals surface area contributed by atoms with Crippen molar-refractivity contribution in [3.63, 3.8) is 0 Å². The highest BCUT2D eigenvalue weighted by Crippen LogP contribution is 2.36. The van der Waals surface area contributed by atoms with Crippen molar-refractivity contribution in [3.8, 4) is 0 Å². The van der Waals surface area contributed by atoms with Gasteiger partial charge in [-0.05, 0) is 48.3 Å². The Morgan fingerprint density at radius 2 is 1.51 bits per heavy atom. The first-order valence-corrected chi connectivity index (χ1v) is 12.4. The van der Waals surface area contributed by atoms with Gasteiger partial charge in [0.05, 0.1) is 30.0 Å². The van der Waals surface area contributed by atoms with Crippen LogP contribution in [-0.2, 0) is 26.7 Å². The number of nitrogens with one attached hydrogen (secondary N) is 2. The number of esters is 1. The number of carbonyl (C=O) groups is 3. The van der Waals surface area contributed by atoms with Gasteiger partial charge < -0.3 is 20.5 Å². The molecule has 0 aliphatic carbocycles. The van der Waals surface area contributed by atoms with Gasteiger partial charge in [0.1, 0.15) is 6.04 Å². The maximum absolute atomic E-state index is 13.6. The highest BCUT2D eigenvalue weighted by atomic mass is 32.2. The van der Waals surface area contributed by atoms with Gasteiger partial charge in [-0.2, -0.15) is 51.3 Å². The monoisotopic (exact) mass is 623 g/mol. The van der Waals surface area contributed by atoms with E-state index in [9.17, 15) is 49.1 Å². The van der Waals surface area contributed by atoms with E-state index in [1.165, 1.54) is 11.8 Å². The van der Waals surface area contributed by atoms with Crippen LogP contribution >= 0.6 is 11.8 Å². The number of benzene rings is 1. The van der Waals surface area contributed by atoms with Crippen molar-refractivity contribution in [3.05, 3.63) is 65.0 Å². The fraction of sp³-hybridized carbons (Fsp3) is 0.391. The maximum atomic E-state index is 13.6. The number of carbonyl (C=O) groups excluding carboxylic acids is 2. The molecule has 18 heteroatoms. The summed E-state index contributed by atoms with van der Waals surface area (Å²) in [6.07, 6.45) is -11.6. The molecule has 1 aromatic heterocycles. The molecule has 1 heterocycles. The number of aliphatic carboxylic acids is 1. The van der Waals surface area contributed by atoms with Gasteiger partial charge in [-0.1, -0.05) is 12.1 Å². The number of nitrogens with zero attached hydrogens (tertiary/aromatic N) is 1. The summed E-state index contributed by atoms with van der Waals surface area (Å²) in [5, 5.41) is 11.8. The summed E-state index contributed by atoms with van der Waals surface area (Å²) in [5.41, 5.74) is -2.89. The molecule has 0 unspecified atom stereocenters. The first-order valence-electron chi connectivity index (χ1n) is 11.0. The average molecular weight is 623 g/mol. The summed E-state index contributed by atoms with van der Waals surface area (Å²) >= 11 is 1.39. The molecule has 0 saturated carbocycles. The normalized spacial score (nSPS) is 13.2. The third-order valence-corrected chi connectivity index (χ3v) is 5.55. The van der Waals surface area contributed by atoms with Crippen LogP contribution < -0.4 is 10.6 Å². The molecule has 2 amide bonds. The number of amides is 2. The van der Waals surface area contributed by atoms with Gasteiger partial charge in [0.25, 0.3) is 0 Å². The zero-order valence-corrected chi connectivity index (χ0v) is 21.8. The standard InChI is InChI=1S/C21H21F6N3O3S.C2HF3O2/c1-33-18(31)15(9-11-34-2)29-19(32)30-16(12-5-7-13(8-6-12)20(22,23)24)17-14(21(25,26)27)4-3-10-28-17;3-2(4,5)1(6)7/h3-8,10,15-16H,9,11H2,1-2H3,(H2,29,30,32);(H,6,7)/t15-,16-;/m0./s1. The quantitative estimate of drug-likeness (QED) is 0.265. The Balaban J connectivity index is 0.00000106. The molecule has 1 aromatic carbocycles.